The van der Waals surface area contributed by atoms with Crippen molar-refractivity contribution in [3.05, 3.63) is 41.7 Å². The van der Waals surface area contributed by atoms with Crippen LogP contribution in [0.1, 0.15) is 6.92 Å². The molecular weight excluding hydrogens is 366 g/mol. The van der Waals surface area contributed by atoms with Crippen molar-refractivity contribution in [3.8, 4) is 5.75 Å². The summed E-state index contributed by atoms with van der Waals surface area (Å²) in [5.74, 6) is 1.43. The summed E-state index contributed by atoms with van der Waals surface area (Å²) in [4.78, 5) is 27.6. The molecular formula is C19H20ClN5O2. The van der Waals surface area contributed by atoms with Crippen molar-refractivity contribution < 1.29 is 9.53 Å². The third-order valence-corrected chi connectivity index (χ3v) is 5.75. The largest absolute Gasteiger partial charge is 0.489 e. The predicted molar refractivity (Wildman–Crippen MR) is 103 cm³/mol. The molecule has 27 heavy (non-hydrogen) atoms. The van der Waals surface area contributed by atoms with Gasteiger partial charge in [0, 0.05) is 55.1 Å². The van der Waals surface area contributed by atoms with E-state index in [-0.39, 0.29) is 17.5 Å². The van der Waals surface area contributed by atoms with Crippen LogP contribution in [-0.4, -0.2) is 59.7 Å². The number of halogens is 1. The molecule has 1 aromatic heterocycles. The summed E-state index contributed by atoms with van der Waals surface area (Å²) < 4.78 is 5.75. The quantitative estimate of drug-likeness (QED) is 0.755. The Morgan fingerprint density at radius 3 is 2.70 bits per heavy atom. The lowest BCUT2D eigenvalue weighted by Gasteiger charge is -2.60. The van der Waals surface area contributed by atoms with Crippen molar-refractivity contribution in [2.24, 2.45) is 5.41 Å². The van der Waals surface area contributed by atoms with E-state index in [0.717, 1.165) is 37.8 Å². The Hall–Kier alpha value is -2.54. The molecule has 0 aliphatic carbocycles. The number of benzene rings is 1. The van der Waals surface area contributed by atoms with E-state index in [2.05, 4.69) is 14.9 Å². The Balaban J connectivity index is 1.26. The number of hydrogen-bond acceptors (Lipinski definition) is 5. The van der Waals surface area contributed by atoms with E-state index in [9.17, 15) is 4.79 Å². The monoisotopic (exact) mass is 385 g/mol. The first-order valence-corrected chi connectivity index (χ1v) is 9.45. The molecule has 140 valence electrons. The van der Waals surface area contributed by atoms with Gasteiger partial charge >= 0.3 is 6.03 Å². The van der Waals surface area contributed by atoms with E-state index >= 15 is 0 Å². The zero-order chi connectivity index (χ0) is 18.6. The van der Waals surface area contributed by atoms with Gasteiger partial charge in [-0.25, -0.2) is 14.8 Å². The molecule has 5 rings (SSSR count). The van der Waals surface area contributed by atoms with Gasteiger partial charge in [0.15, 0.2) is 0 Å². The average Bonchev–Trinajstić information content (AvgIpc) is 2.60. The summed E-state index contributed by atoms with van der Waals surface area (Å²) >= 11 is 6.06. The van der Waals surface area contributed by atoms with Crippen LogP contribution < -0.4 is 14.5 Å². The van der Waals surface area contributed by atoms with Crippen LogP contribution in [0.25, 0.3) is 0 Å². The van der Waals surface area contributed by atoms with Crippen molar-refractivity contribution in [1.29, 1.82) is 0 Å². The minimum absolute atomic E-state index is 0.0154. The number of likely N-dealkylation sites (tertiary alicyclic amines) is 1. The summed E-state index contributed by atoms with van der Waals surface area (Å²) in [6.45, 7) is 5.79. The summed E-state index contributed by atoms with van der Waals surface area (Å²) in [6, 6.07) is 7.26. The van der Waals surface area contributed by atoms with E-state index in [1.807, 2.05) is 28.9 Å². The van der Waals surface area contributed by atoms with Crippen LogP contribution in [-0.2, 0) is 0 Å². The van der Waals surface area contributed by atoms with Gasteiger partial charge in [-0.05, 0) is 25.1 Å². The van der Waals surface area contributed by atoms with Crippen molar-refractivity contribution in [2.45, 2.75) is 13.0 Å². The number of hydrogen-bond donors (Lipinski definition) is 0. The predicted octanol–water partition coefficient (Wildman–Crippen LogP) is 2.66. The topological polar surface area (TPSA) is 61.8 Å². The average molecular weight is 386 g/mol. The van der Waals surface area contributed by atoms with Gasteiger partial charge < -0.3 is 14.5 Å². The van der Waals surface area contributed by atoms with Gasteiger partial charge in [0.25, 0.3) is 0 Å². The molecule has 2 amide bonds. The molecule has 2 aromatic rings. The number of carbonyl (C=O) groups is 1. The van der Waals surface area contributed by atoms with E-state index < -0.39 is 0 Å². The fraction of sp³-hybridized carbons (Fsp3) is 0.421. The molecule has 1 spiro atoms. The van der Waals surface area contributed by atoms with Crippen molar-refractivity contribution in [3.63, 3.8) is 0 Å². The van der Waals surface area contributed by atoms with Gasteiger partial charge in [0.2, 0.25) is 5.95 Å². The summed E-state index contributed by atoms with van der Waals surface area (Å²) in [5.41, 5.74) is 0.963. The van der Waals surface area contributed by atoms with Crippen LogP contribution in [0.5, 0.6) is 5.75 Å². The second-order valence-corrected chi connectivity index (χ2v) is 8.12. The number of nitrogens with zero attached hydrogens (tertiary/aromatic N) is 5. The summed E-state index contributed by atoms with van der Waals surface area (Å²) in [6.07, 6.45) is 3.51. The summed E-state index contributed by atoms with van der Waals surface area (Å²) in [7, 11) is 0. The Labute approximate surface area is 162 Å². The molecule has 0 saturated carbocycles. The van der Waals surface area contributed by atoms with Crippen LogP contribution in [0.15, 0.2) is 36.7 Å². The normalized spacial score (nSPS) is 22.6. The second kappa shape index (κ2) is 5.99. The number of carbonyl (C=O) groups excluding carboxylic acids is 1. The molecule has 0 bridgehead atoms. The first kappa shape index (κ1) is 16.6. The smallest absolute Gasteiger partial charge is 0.325 e. The maximum atomic E-state index is 13.1. The third-order valence-electron chi connectivity index (χ3n) is 5.52. The molecule has 2 fully saturated rings. The molecule has 7 nitrogen and oxygen atoms in total. The lowest BCUT2D eigenvalue weighted by molar-refractivity contribution is 0.00815. The number of urea groups is 1. The maximum Gasteiger partial charge on any atom is 0.325 e. The van der Waals surface area contributed by atoms with Gasteiger partial charge in [-0.2, -0.15) is 0 Å². The SMILES string of the molecule is CC1COc2cc(Cl)ccc2N1C(=O)N1CC2(C1)CN(c1ncccn1)C2. The maximum absolute atomic E-state index is 13.1. The van der Waals surface area contributed by atoms with E-state index in [1.54, 1.807) is 24.5 Å². The molecule has 1 aromatic carbocycles. The minimum Gasteiger partial charge on any atom is -0.489 e. The molecule has 2 saturated heterocycles. The molecule has 1 unspecified atom stereocenters. The van der Waals surface area contributed by atoms with E-state index in [1.165, 1.54) is 0 Å². The Kier molecular flexibility index (Phi) is 3.69. The second-order valence-electron chi connectivity index (χ2n) is 7.69. The first-order chi connectivity index (χ1) is 13.0. The van der Waals surface area contributed by atoms with Crippen LogP contribution in [0.2, 0.25) is 5.02 Å². The number of rotatable bonds is 1. The highest BCUT2D eigenvalue weighted by molar-refractivity contribution is 6.30. The zero-order valence-electron chi connectivity index (χ0n) is 15.0. The molecule has 8 heteroatoms. The van der Waals surface area contributed by atoms with Crippen LogP contribution in [0.3, 0.4) is 0 Å². The van der Waals surface area contributed by atoms with Crippen molar-refractivity contribution >= 4 is 29.3 Å². The van der Waals surface area contributed by atoms with Gasteiger partial charge in [-0.3, -0.25) is 4.90 Å². The lowest BCUT2D eigenvalue weighted by atomic mass is 9.73. The number of ether oxygens (including phenoxy) is 1. The van der Waals surface area contributed by atoms with Crippen molar-refractivity contribution in [2.75, 3.05) is 42.6 Å². The zero-order valence-corrected chi connectivity index (χ0v) is 15.8. The standard InChI is InChI=1S/C19H20ClN5O2/c1-13-8-27-16-7-14(20)3-4-15(16)25(13)18(26)24-11-19(12-24)9-23(10-19)17-21-5-2-6-22-17/h2-7,13H,8-12H2,1H3. The highest BCUT2D eigenvalue weighted by atomic mass is 35.5. The number of anilines is 2. The third kappa shape index (κ3) is 2.68. The van der Waals surface area contributed by atoms with Gasteiger partial charge in [-0.1, -0.05) is 11.6 Å². The molecule has 3 aliphatic rings. The van der Waals surface area contributed by atoms with E-state index in [4.69, 9.17) is 16.3 Å². The van der Waals surface area contributed by atoms with Gasteiger partial charge in [0.05, 0.1) is 11.7 Å². The van der Waals surface area contributed by atoms with Gasteiger partial charge in [0.1, 0.15) is 12.4 Å². The van der Waals surface area contributed by atoms with Crippen LogP contribution >= 0.6 is 11.6 Å². The number of fused-ring (bicyclic) bond motifs is 1. The number of amides is 2. The van der Waals surface area contributed by atoms with Crippen LogP contribution in [0, 0.1) is 5.41 Å². The Bertz CT molecular complexity index is 879. The molecule has 0 radical (unpaired) electrons. The highest BCUT2D eigenvalue weighted by Crippen LogP contribution is 2.43. The summed E-state index contributed by atoms with van der Waals surface area (Å²) in [5, 5.41) is 0.608. The minimum atomic E-state index is -0.0154. The van der Waals surface area contributed by atoms with Crippen molar-refractivity contribution in [1.82, 2.24) is 14.9 Å². The molecule has 3 aliphatic heterocycles. The van der Waals surface area contributed by atoms with Gasteiger partial charge in [-0.15, -0.1) is 0 Å². The lowest BCUT2D eigenvalue weighted by Crippen LogP contribution is -2.74. The van der Waals surface area contributed by atoms with Crippen LogP contribution in [0.4, 0.5) is 16.4 Å². The Morgan fingerprint density at radius 2 is 1.96 bits per heavy atom. The Morgan fingerprint density at radius 1 is 1.22 bits per heavy atom. The molecule has 4 heterocycles. The molecule has 1 atom stereocenters. The van der Waals surface area contributed by atoms with E-state index in [0.29, 0.717) is 17.4 Å². The first-order valence-electron chi connectivity index (χ1n) is 9.07. The number of aromatic nitrogens is 2. The highest BCUT2D eigenvalue weighted by Gasteiger charge is 2.55. The molecule has 0 N–H and O–H groups in total. The fourth-order valence-corrected chi connectivity index (χ4v) is 4.39. The fourth-order valence-electron chi connectivity index (χ4n) is 4.23.